The number of rotatable bonds is 9. The number of allylic oxidation sites excluding steroid dienone is 3. The molecule has 0 radical (unpaired) electrons. The third kappa shape index (κ3) is 4.98. The summed E-state index contributed by atoms with van der Waals surface area (Å²) in [5.74, 6) is -3.34. The molecule has 4 aromatic rings. The van der Waals surface area contributed by atoms with Gasteiger partial charge in [0.05, 0.1) is 19.4 Å². The van der Waals surface area contributed by atoms with Crippen molar-refractivity contribution in [2.45, 2.75) is 13.1 Å². The summed E-state index contributed by atoms with van der Waals surface area (Å²) in [5.41, 5.74) is 5.22. The van der Waals surface area contributed by atoms with Crippen LogP contribution < -0.4 is 17.0 Å². The molecule has 8 nitrogen and oxygen atoms in total. The van der Waals surface area contributed by atoms with Gasteiger partial charge in [0.25, 0.3) is 5.56 Å². The maximum absolute atomic E-state index is 15.3. The van der Waals surface area contributed by atoms with Gasteiger partial charge in [-0.1, -0.05) is 31.4 Å². The average molecular weight is 552 g/mol. The molecule has 0 aliphatic rings. The summed E-state index contributed by atoms with van der Waals surface area (Å²) < 4.78 is 52.5. The Morgan fingerprint density at radius 2 is 1.70 bits per heavy atom. The van der Waals surface area contributed by atoms with E-state index in [1.54, 1.807) is 38.4 Å². The fourth-order valence-corrected chi connectivity index (χ4v) is 4.44. The predicted octanol–water partition coefficient (Wildman–Crippen LogP) is 4.38. The predicted molar refractivity (Wildman–Crippen MR) is 149 cm³/mol. The molecule has 0 unspecified atom stereocenters. The highest BCUT2D eigenvalue weighted by Crippen LogP contribution is 2.30. The lowest BCUT2D eigenvalue weighted by Crippen LogP contribution is -2.43. The lowest BCUT2D eigenvalue weighted by atomic mass is 10.0. The van der Waals surface area contributed by atoms with Gasteiger partial charge in [-0.3, -0.25) is 9.31 Å². The number of anilines is 1. The molecule has 0 saturated heterocycles. The molecular weight excluding hydrogens is 523 g/mol. The molecule has 0 bridgehead atoms. The van der Waals surface area contributed by atoms with Crippen molar-refractivity contribution >= 4 is 16.9 Å². The van der Waals surface area contributed by atoms with Crippen molar-refractivity contribution in [1.82, 2.24) is 18.7 Å². The monoisotopic (exact) mass is 551 g/mol. The summed E-state index contributed by atoms with van der Waals surface area (Å²) in [7, 11) is 4.75. The Bertz CT molecular complexity index is 1760. The Balaban J connectivity index is 2.21. The second-order valence-electron chi connectivity index (χ2n) is 9.29. The standard InChI is InChI=1S/C29H28F3N5O3/c1-6-25(26(32)17(2)40-5)37-28(38)27-21(14-34(3)4)20(18-10-12-19(33)13-11-18)15-35(27)36(29(37)39)16-22-23(30)8-7-9-24(22)31/h6-13,15H,1-2,14,16,33H2,3-5H3/b26-25-. The quantitative estimate of drug-likeness (QED) is 0.190. The number of ether oxygens (including phenoxy) is 1. The second kappa shape index (κ2) is 11.1. The minimum absolute atomic E-state index is 0.00736. The Kier molecular flexibility index (Phi) is 7.87. The third-order valence-electron chi connectivity index (χ3n) is 6.39. The number of benzene rings is 2. The molecule has 0 aliphatic carbocycles. The highest BCUT2D eigenvalue weighted by atomic mass is 19.1. The first-order chi connectivity index (χ1) is 19.0. The molecule has 0 fully saturated rings. The Labute approximate surface area is 227 Å². The average Bonchev–Trinajstić information content (AvgIpc) is 3.28. The van der Waals surface area contributed by atoms with E-state index in [2.05, 4.69) is 13.2 Å². The molecule has 2 aromatic heterocycles. The van der Waals surface area contributed by atoms with E-state index < -0.39 is 52.3 Å². The molecular formula is C29H28F3N5O3. The fraction of sp³-hybridized carbons (Fsp3) is 0.172. The van der Waals surface area contributed by atoms with E-state index in [-0.39, 0.29) is 12.1 Å². The molecule has 208 valence electrons. The smallest absolute Gasteiger partial charge is 0.351 e. The van der Waals surface area contributed by atoms with Gasteiger partial charge in [-0.15, -0.1) is 0 Å². The normalized spacial score (nSPS) is 12.1. The zero-order valence-corrected chi connectivity index (χ0v) is 22.2. The minimum atomic E-state index is -1.11. The van der Waals surface area contributed by atoms with Gasteiger partial charge in [0, 0.05) is 35.1 Å². The van der Waals surface area contributed by atoms with Gasteiger partial charge in [-0.05, 0) is 50.0 Å². The Morgan fingerprint density at radius 3 is 2.25 bits per heavy atom. The van der Waals surface area contributed by atoms with E-state index in [0.717, 1.165) is 22.9 Å². The molecule has 40 heavy (non-hydrogen) atoms. The highest BCUT2D eigenvalue weighted by Gasteiger charge is 2.25. The molecule has 0 saturated carbocycles. The van der Waals surface area contributed by atoms with Crippen LogP contribution in [0.4, 0.5) is 18.9 Å². The van der Waals surface area contributed by atoms with Crippen molar-refractivity contribution in [2.24, 2.45) is 0 Å². The van der Waals surface area contributed by atoms with Crippen molar-refractivity contribution in [3.63, 3.8) is 0 Å². The van der Waals surface area contributed by atoms with Gasteiger partial charge >= 0.3 is 5.69 Å². The SMILES string of the molecule is C=C/C(=C(/F)C(=C)OC)n1c(=O)c2c(CN(C)C)c(-c3ccc(N)cc3)cn2n(Cc2c(F)cccc2F)c1=O. The second-order valence-corrected chi connectivity index (χ2v) is 9.29. The largest absolute Gasteiger partial charge is 0.494 e. The molecule has 4 rings (SSSR count). The van der Waals surface area contributed by atoms with Gasteiger partial charge in [0.2, 0.25) is 0 Å². The van der Waals surface area contributed by atoms with E-state index >= 15 is 4.39 Å². The van der Waals surface area contributed by atoms with Crippen molar-refractivity contribution in [3.8, 4) is 11.1 Å². The minimum Gasteiger partial charge on any atom is -0.494 e. The van der Waals surface area contributed by atoms with Gasteiger partial charge in [-0.2, -0.15) is 0 Å². The maximum Gasteiger partial charge on any atom is 0.351 e. The Hall–Kier alpha value is -4.77. The van der Waals surface area contributed by atoms with Crippen LogP contribution >= 0.6 is 0 Å². The molecule has 0 amide bonds. The van der Waals surface area contributed by atoms with E-state index in [1.165, 1.54) is 23.9 Å². The summed E-state index contributed by atoms with van der Waals surface area (Å²) in [6, 6.07) is 10.2. The summed E-state index contributed by atoms with van der Waals surface area (Å²) in [4.78, 5) is 29.7. The van der Waals surface area contributed by atoms with Crippen LogP contribution in [0.2, 0.25) is 0 Å². The first kappa shape index (κ1) is 28.2. The third-order valence-corrected chi connectivity index (χ3v) is 6.39. The first-order valence-electron chi connectivity index (χ1n) is 12.1. The van der Waals surface area contributed by atoms with Crippen molar-refractivity contribution in [3.05, 3.63) is 123 Å². The van der Waals surface area contributed by atoms with Gasteiger partial charge in [0.15, 0.2) is 5.83 Å². The number of fused-ring (bicyclic) bond motifs is 1. The van der Waals surface area contributed by atoms with Crippen LogP contribution in [-0.2, 0) is 17.8 Å². The molecule has 0 aliphatic heterocycles. The lowest BCUT2D eigenvalue weighted by Gasteiger charge is -2.17. The zero-order valence-electron chi connectivity index (χ0n) is 22.2. The van der Waals surface area contributed by atoms with E-state index in [0.29, 0.717) is 26.9 Å². The van der Waals surface area contributed by atoms with Crippen LogP contribution in [0.25, 0.3) is 22.3 Å². The lowest BCUT2D eigenvalue weighted by molar-refractivity contribution is 0.285. The molecule has 2 aromatic carbocycles. The number of nitrogen functional groups attached to an aromatic ring is 1. The number of hydrogen-bond donors (Lipinski definition) is 1. The van der Waals surface area contributed by atoms with Gasteiger partial charge in [-0.25, -0.2) is 27.2 Å². The number of nitrogens with zero attached hydrogens (tertiary/aromatic N) is 4. The van der Waals surface area contributed by atoms with Crippen molar-refractivity contribution in [1.29, 1.82) is 0 Å². The molecule has 2 heterocycles. The van der Waals surface area contributed by atoms with Crippen LogP contribution in [0.1, 0.15) is 11.1 Å². The number of nitrogens with two attached hydrogens (primary N) is 1. The summed E-state index contributed by atoms with van der Waals surface area (Å²) in [6.45, 7) is 6.65. The van der Waals surface area contributed by atoms with E-state index in [4.69, 9.17) is 10.5 Å². The zero-order chi connectivity index (χ0) is 29.3. The molecule has 0 spiro atoms. The van der Waals surface area contributed by atoms with Crippen LogP contribution in [0.3, 0.4) is 0 Å². The van der Waals surface area contributed by atoms with Gasteiger partial charge in [0.1, 0.15) is 22.9 Å². The van der Waals surface area contributed by atoms with Gasteiger partial charge < -0.3 is 15.4 Å². The molecule has 2 N–H and O–H groups in total. The van der Waals surface area contributed by atoms with E-state index in [9.17, 15) is 18.4 Å². The first-order valence-corrected chi connectivity index (χ1v) is 12.1. The van der Waals surface area contributed by atoms with Crippen molar-refractivity contribution < 1.29 is 17.9 Å². The number of hydrogen-bond acceptors (Lipinski definition) is 5. The van der Waals surface area contributed by atoms with Crippen LogP contribution in [0, 0.1) is 11.6 Å². The topological polar surface area (TPSA) is 86.9 Å². The van der Waals surface area contributed by atoms with Crippen molar-refractivity contribution in [2.75, 3.05) is 26.9 Å². The maximum atomic E-state index is 15.3. The molecule has 0 atom stereocenters. The van der Waals surface area contributed by atoms with E-state index in [1.807, 2.05) is 4.90 Å². The number of aromatic nitrogens is 3. The fourth-order valence-electron chi connectivity index (χ4n) is 4.44. The Morgan fingerprint density at radius 1 is 1.07 bits per heavy atom. The highest BCUT2D eigenvalue weighted by molar-refractivity contribution is 5.77. The van der Waals surface area contributed by atoms with Crippen LogP contribution in [0.5, 0.6) is 0 Å². The summed E-state index contributed by atoms with van der Waals surface area (Å²) >= 11 is 0. The summed E-state index contributed by atoms with van der Waals surface area (Å²) in [5, 5.41) is 0. The number of halogens is 3. The summed E-state index contributed by atoms with van der Waals surface area (Å²) in [6.07, 6.45) is 2.51. The van der Waals surface area contributed by atoms with Crippen LogP contribution in [0.15, 0.2) is 89.1 Å². The molecule has 11 heteroatoms. The number of methoxy groups -OCH3 is 1. The van der Waals surface area contributed by atoms with Crippen LogP contribution in [-0.4, -0.2) is 39.9 Å².